The predicted octanol–water partition coefficient (Wildman–Crippen LogP) is 3.10. The minimum absolute atomic E-state index is 0.178. The van der Waals surface area contributed by atoms with E-state index in [1.54, 1.807) is 0 Å². The van der Waals surface area contributed by atoms with Crippen LogP contribution in [0.4, 0.5) is 0 Å². The van der Waals surface area contributed by atoms with Crippen LogP contribution in [-0.4, -0.2) is 18.0 Å². The molecule has 0 radical (unpaired) electrons. The molecule has 0 bridgehead atoms. The normalized spacial score (nSPS) is 29.5. The summed E-state index contributed by atoms with van der Waals surface area (Å²) in [7, 11) is 0. The van der Waals surface area contributed by atoms with Gasteiger partial charge < -0.3 is 4.74 Å². The number of hydrogen-bond donors (Lipinski definition) is 0. The van der Waals surface area contributed by atoms with Crippen molar-refractivity contribution in [3.8, 4) is 0 Å². The van der Waals surface area contributed by atoms with E-state index in [4.69, 9.17) is 4.74 Å². The molecule has 1 aliphatic heterocycles. The smallest absolute Gasteiger partial charge is 0.132 e. The number of Topliss-reactive ketones (excluding diaryl/α,β-unsaturated/α-hetero) is 1. The van der Waals surface area contributed by atoms with Crippen molar-refractivity contribution >= 4 is 5.78 Å². The molecule has 1 aliphatic carbocycles. The zero-order chi connectivity index (χ0) is 10.7. The second-order valence-corrected chi connectivity index (χ2v) is 5.19. The average molecular weight is 210 g/mol. The minimum Gasteiger partial charge on any atom is -0.375 e. The Balaban J connectivity index is 1.89. The first-order chi connectivity index (χ1) is 7.24. The van der Waals surface area contributed by atoms with Gasteiger partial charge in [0.25, 0.3) is 0 Å². The van der Waals surface area contributed by atoms with Crippen LogP contribution in [0.1, 0.15) is 58.3 Å². The van der Waals surface area contributed by atoms with Crippen LogP contribution in [0.25, 0.3) is 0 Å². The van der Waals surface area contributed by atoms with E-state index < -0.39 is 0 Å². The lowest BCUT2D eigenvalue weighted by atomic mass is 9.82. The summed E-state index contributed by atoms with van der Waals surface area (Å²) in [5, 5.41) is 0. The van der Waals surface area contributed by atoms with Crippen molar-refractivity contribution in [1.29, 1.82) is 0 Å². The Morgan fingerprint density at radius 2 is 2.13 bits per heavy atom. The molecule has 1 unspecified atom stereocenters. The topological polar surface area (TPSA) is 26.3 Å². The first-order valence-electron chi connectivity index (χ1n) is 6.40. The number of rotatable bonds is 3. The first kappa shape index (κ1) is 11.1. The van der Waals surface area contributed by atoms with Crippen molar-refractivity contribution in [3.63, 3.8) is 0 Å². The molecular weight excluding hydrogens is 188 g/mol. The van der Waals surface area contributed by atoms with E-state index in [9.17, 15) is 4.79 Å². The second-order valence-electron chi connectivity index (χ2n) is 5.19. The average Bonchev–Trinajstić information content (AvgIpc) is 2.66. The molecule has 1 heterocycles. The van der Waals surface area contributed by atoms with Crippen LogP contribution >= 0.6 is 0 Å². The standard InChI is InChI=1S/C13H22O2/c1-2-12(14)9-11-5-8-15-13(10-11)6-3-4-7-13/h11H,2-10H2,1H3. The van der Waals surface area contributed by atoms with Crippen LogP contribution < -0.4 is 0 Å². The van der Waals surface area contributed by atoms with Crippen molar-refractivity contribution in [2.24, 2.45) is 5.92 Å². The molecule has 1 atom stereocenters. The van der Waals surface area contributed by atoms with E-state index >= 15 is 0 Å². The fraction of sp³-hybridized carbons (Fsp3) is 0.923. The Kier molecular flexibility index (Phi) is 3.45. The molecule has 0 N–H and O–H groups in total. The molecule has 1 spiro atoms. The molecule has 2 fully saturated rings. The molecule has 2 nitrogen and oxygen atoms in total. The van der Waals surface area contributed by atoms with Gasteiger partial charge in [0.2, 0.25) is 0 Å². The van der Waals surface area contributed by atoms with Crippen molar-refractivity contribution < 1.29 is 9.53 Å². The number of carbonyl (C=O) groups is 1. The highest BCUT2D eigenvalue weighted by molar-refractivity contribution is 5.78. The van der Waals surface area contributed by atoms with Crippen LogP contribution in [0.3, 0.4) is 0 Å². The summed E-state index contributed by atoms with van der Waals surface area (Å²) in [6.07, 6.45) is 8.80. The van der Waals surface area contributed by atoms with Crippen molar-refractivity contribution in [2.45, 2.75) is 63.9 Å². The van der Waals surface area contributed by atoms with E-state index in [2.05, 4.69) is 0 Å². The highest BCUT2D eigenvalue weighted by Gasteiger charge is 2.39. The Morgan fingerprint density at radius 3 is 2.80 bits per heavy atom. The van der Waals surface area contributed by atoms with Gasteiger partial charge in [-0.2, -0.15) is 0 Å². The Bertz CT molecular complexity index is 229. The first-order valence-corrected chi connectivity index (χ1v) is 6.40. The van der Waals surface area contributed by atoms with Gasteiger partial charge in [-0.15, -0.1) is 0 Å². The molecule has 86 valence electrons. The summed E-state index contributed by atoms with van der Waals surface area (Å²) in [5.41, 5.74) is 0.178. The molecule has 0 amide bonds. The Morgan fingerprint density at radius 1 is 1.40 bits per heavy atom. The lowest BCUT2D eigenvalue weighted by Gasteiger charge is -2.38. The van der Waals surface area contributed by atoms with Gasteiger partial charge in [0.15, 0.2) is 0 Å². The zero-order valence-electron chi connectivity index (χ0n) is 9.76. The Labute approximate surface area is 92.4 Å². The fourth-order valence-electron chi connectivity index (χ4n) is 3.14. The zero-order valence-corrected chi connectivity index (χ0v) is 9.76. The number of hydrogen-bond acceptors (Lipinski definition) is 2. The molecule has 0 aromatic carbocycles. The van der Waals surface area contributed by atoms with Crippen LogP contribution in [0.2, 0.25) is 0 Å². The maximum Gasteiger partial charge on any atom is 0.132 e. The summed E-state index contributed by atoms with van der Waals surface area (Å²) in [6, 6.07) is 0. The van der Waals surface area contributed by atoms with E-state index in [0.29, 0.717) is 18.1 Å². The molecule has 2 aliphatic rings. The summed E-state index contributed by atoms with van der Waals surface area (Å²) in [6.45, 7) is 2.84. The highest BCUT2D eigenvalue weighted by atomic mass is 16.5. The van der Waals surface area contributed by atoms with Gasteiger partial charge >= 0.3 is 0 Å². The van der Waals surface area contributed by atoms with Crippen LogP contribution in [0.15, 0.2) is 0 Å². The van der Waals surface area contributed by atoms with Gasteiger partial charge in [0, 0.05) is 19.4 Å². The van der Waals surface area contributed by atoms with Gasteiger partial charge in [-0.25, -0.2) is 0 Å². The lowest BCUT2D eigenvalue weighted by Crippen LogP contribution is -2.37. The maximum atomic E-state index is 11.4. The van der Waals surface area contributed by atoms with Crippen molar-refractivity contribution in [3.05, 3.63) is 0 Å². The molecular formula is C13H22O2. The van der Waals surface area contributed by atoms with E-state index in [1.807, 2.05) is 6.92 Å². The molecule has 1 saturated heterocycles. The van der Waals surface area contributed by atoms with Crippen LogP contribution in [-0.2, 0) is 9.53 Å². The van der Waals surface area contributed by atoms with Crippen LogP contribution in [0, 0.1) is 5.92 Å². The number of carbonyl (C=O) groups excluding carboxylic acids is 1. The van der Waals surface area contributed by atoms with Gasteiger partial charge in [0.1, 0.15) is 5.78 Å². The third kappa shape index (κ3) is 2.60. The summed E-state index contributed by atoms with van der Waals surface area (Å²) < 4.78 is 5.96. The molecule has 1 saturated carbocycles. The second kappa shape index (κ2) is 4.65. The van der Waals surface area contributed by atoms with Gasteiger partial charge in [-0.05, 0) is 31.6 Å². The van der Waals surface area contributed by atoms with E-state index in [0.717, 1.165) is 25.9 Å². The summed E-state index contributed by atoms with van der Waals surface area (Å²) in [4.78, 5) is 11.4. The largest absolute Gasteiger partial charge is 0.375 e. The van der Waals surface area contributed by atoms with Gasteiger partial charge in [-0.1, -0.05) is 19.8 Å². The number of ether oxygens (including phenoxy) is 1. The summed E-state index contributed by atoms with van der Waals surface area (Å²) in [5.74, 6) is 1.03. The summed E-state index contributed by atoms with van der Waals surface area (Å²) >= 11 is 0. The molecule has 2 rings (SSSR count). The van der Waals surface area contributed by atoms with Crippen LogP contribution in [0.5, 0.6) is 0 Å². The molecule has 2 heteroatoms. The maximum absolute atomic E-state index is 11.4. The predicted molar refractivity (Wildman–Crippen MR) is 59.8 cm³/mol. The fourth-order valence-corrected chi connectivity index (χ4v) is 3.14. The monoisotopic (exact) mass is 210 g/mol. The van der Waals surface area contributed by atoms with E-state index in [-0.39, 0.29) is 5.60 Å². The molecule has 15 heavy (non-hydrogen) atoms. The van der Waals surface area contributed by atoms with Gasteiger partial charge in [-0.3, -0.25) is 4.79 Å². The third-order valence-electron chi connectivity index (χ3n) is 4.02. The van der Waals surface area contributed by atoms with Gasteiger partial charge in [0.05, 0.1) is 5.60 Å². The highest BCUT2D eigenvalue weighted by Crippen LogP contribution is 2.42. The number of ketones is 1. The Hall–Kier alpha value is -0.370. The van der Waals surface area contributed by atoms with E-state index in [1.165, 1.54) is 25.7 Å². The molecule has 0 aromatic heterocycles. The third-order valence-corrected chi connectivity index (χ3v) is 4.02. The van der Waals surface area contributed by atoms with Crippen molar-refractivity contribution in [2.75, 3.05) is 6.61 Å². The quantitative estimate of drug-likeness (QED) is 0.715. The minimum atomic E-state index is 0.178. The SMILES string of the molecule is CCC(=O)CC1CCOC2(CCCC2)C1. The van der Waals surface area contributed by atoms with Crippen molar-refractivity contribution in [1.82, 2.24) is 0 Å². The molecule has 0 aromatic rings. The lowest BCUT2D eigenvalue weighted by molar-refractivity contribution is -0.124.